The Morgan fingerprint density at radius 2 is 2.00 bits per heavy atom. The molecule has 0 radical (unpaired) electrons. The van der Waals surface area contributed by atoms with E-state index < -0.39 is 6.03 Å². The first-order chi connectivity index (χ1) is 15.5. The zero-order valence-corrected chi connectivity index (χ0v) is 18.3. The lowest BCUT2D eigenvalue weighted by molar-refractivity contribution is -0.140. The highest BCUT2D eigenvalue weighted by Gasteiger charge is 2.29. The van der Waals surface area contributed by atoms with Crippen LogP contribution in [0.4, 0.5) is 4.79 Å². The molecule has 8 nitrogen and oxygen atoms in total. The maximum absolute atomic E-state index is 12.8. The van der Waals surface area contributed by atoms with E-state index in [0.29, 0.717) is 26.2 Å². The molecule has 2 aliphatic heterocycles. The van der Waals surface area contributed by atoms with Gasteiger partial charge in [0.2, 0.25) is 11.8 Å². The summed E-state index contributed by atoms with van der Waals surface area (Å²) in [7, 11) is 0. The van der Waals surface area contributed by atoms with Gasteiger partial charge in [-0.05, 0) is 36.6 Å². The molecule has 0 bridgehead atoms. The highest BCUT2D eigenvalue weighted by atomic mass is 16.5. The van der Waals surface area contributed by atoms with Gasteiger partial charge in [-0.25, -0.2) is 4.79 Å². The van der Waals surface area contributed by atoms with Crippen molar-refractivity contribution in [3.05, 3.63) is 65.0 Å². The molecule has 4 amide bonds. The average Bonchev–Trinajstić information content (AvgIpc) is 2.79. The number of pyridine rings is 1. The molecule has 0 saturated carbocycles. The van der Waals surface area contributed by atoms with Gasteiger partial charge in [-0.1, -0.05) is 30.3 Å². The molecule has 2 saturated heterocycles. The van der Waals surface area contributed by atoms with Crippen LogP contribution in [0.2, 0.25) is 0 Å². The van der Waals surface area contributed by atoms with Crippen LogP contribution >= 0.6 is 0 Å². The van der Waals surface area contributed by atoms with E-state index in [9.17, 15) is 14.4 Å². The lowest BCUT2D eigenvalue weighted by Gasteiger charge is -2.33. The number of carbonyl (C=O) groups excluding carboxylic acids is 3. The van der Waals surface area contributed by atoms with Crippen molar-refractivity contribution >= 4 is 17.8 Å². The third kappa shape index (κ3) is 5.31. The average molecular weight is 437 g/mol. The standard InChI is InChI=1S/C24H28N4O4/c1-17-13-19(14-18-5-3-2-4-6-18)15-20(26-17)21-16-27(11-12-32-21)22(29)8-10-28-23(30)7-9-25-24(28)31/h2-6,13,15,21H,7-12,14,16H2,1H3,(H,25,31). The van der Waals surface area contributed by atoms with Crippen LogP contribution < -0.4 is 5.32 Å². The highest BCUT2D eigenvalue weighted by Crippen LogP contribution is 2.24. The minimum absolute atomic E-state index is 0.0927. The number of benzene rings is 1. The monoisotopic (exact) mass is 436 g/mol. The predicted octanol–water partition coefficient (Wildman–Crippen LogP) is 2.21. The molecule has 1 N–H and O–H groups in total. The van der Waals surface area contributed by atoms with Crippen LogP contribution in [0.25, 0.3) is 0 Å². The number of hydrogen-bond acceptors (Lipinski definition) is 5. The van der Waals surface area contributed by atoms with Gasteiger partial charge in [0.25, 0.3) is 0 Å². The molecular weight excluding hydrogens is 408 g/mol. The summed E-state index contributed by atoms with van der Waals surface area (Å²) in [6, 6.07) is 13.9. The van der Waals surface area contributed by atoms with E-state index in [1.165, 1.54) is 5.56 Å². The SMILES string of the molecule is Cc1cc(Cc2ccccc2)cc(C2CN(C(=O)CCN3C(=O)CCNC3=O)CCO2)n1. The Hall–Kier alpha value is -3.26. The predicted molar refractivity (Wildman–Crippen MR) is 118 cm³/mol. The number of amides is 4. The number of imide groups is 1. The molecule has 1 aromatic heterocycles. The summed E-state index contributed by atoms with van der Waals surface area (Å²) in [6.07, 6.45) is 0.872. The Morgan fingerprint density at radius 1 is 1.19 bits per heavy atom. The van der Waals surface area contributed by atoms with Crippen molar-refractivity contribution in [3.63, 3.8) is 0 Å². The van der Waals surface area contributed by atoms with Crippen molar-refractivity contribution < 1.29 is 19.1 Å². The maximum atomic E-state index is 12.8. The molecule has 32 heavy (non-hydrogen) atoms. The lowest BCUT2D eigenvalue weighted by atomic mass is 10.0. The molecule has 8 heteroatoms. The second-order valence-electron chi connectivity index (χ2n) is 8.18. The third-order valence-electron chi connectivity index (χ3n) is 5.74. The van der Waals surface area contributed by atoms with E-state index in [-0.39, 0.29) is 37.3 Å². The van der Waals surface area contributed by atoms with Gasteiger partial charge in [0.1, 0.15) is 6.10 Å². The van der Waals surface area contributed by atoms with Crippen LogP contribution in [0.15, 0.2) is 42.5 Å². The molecule has 2 aromatic rings. The molecule has 4 rings (SSSR count). The minimum Gasteiger partial charge on any atom is -0.368 e. The van der Waals surface area contributed by atoms with E-state index in [1.54, 1.807) is 4.90 Å². The first kappa shape index (κ1) is 22.0. The van der Waals surface area contributed by atoms with E-state index in [2.05, 4.69) is 34.6 Å². The van der Waals surface area contributed by atoms with Crippen LogP contribution in [0.3, 0.4) is 0 Å². The fourth-order valence-corrected chi connectivity index (χ4v) is 4.13. The number of nitrogens with zero attached hydrogens (tertiary/aromatic N) is 3. The van der Waals surface area contributed by atoms with Crippen molar-refractivity contribution in [3.8, 4) is 0 Å². The number of urea groups is 1. The zero-order valence-electron chi connectivity index (χ0n) is 18.3. The van der Waals surface area contributed by atoms with Crippen LogP contribution in [0.5, 0.6) is 0 Å². The first-order valence-corrected chi connectivity index (χ1v) is 11.0. The van der Waals surface area contributed by atoms with E-state index in [0.717, 1.165) is 28.3 Å². The summed E-state index contributed by atoms with van der Waals surface area (Å²) in [5, 5.41) is 2.64. The fraction of sp³-hybridized carbons (Fsp3) is 0.417. The molecule has 1 aromatic carbocycles. The highest BCUT2D eigenvalue weighted by molar-refractivity contribution is 5.97. The number of aryl methyl sites for hydroxylation is 1. The van der Waals surface area contributed by atoms with Gasteiger partial charge < -0.3 is 15.0 Å². The summed E-state index contributed by atoms with van der Waals surface area (Å²) >= 11 is 0. The second-order valence-corrected chi connectivity index (χ2v) is 8.18. The smallest absolute Gasteiger partial charge is 0.324 e. The third-order valence-corrected chi connectivity index (χ3v) is 5.74. The summed E-state index contributed by atoms with van der Waals surface area (Å²) in [5.74, 6) is -0.335. The Balaban J connectivity index is 1.39. The molecule has 1 unspecified atom stereocenters. The van der Waals surface area contributed by atoms with Crippen LogP contribution in [-0.4, -0.2) is 65.4 Å². The number of morpholine rings is 1. The lowest BCUT2D eigenvalue weighted by Crippen LogP contribution is -2.51. The van der Waals surface area contributed by atoms with Crippen molar-refractivity contribution in [1.29, 1.82) is 0 Å². The van der Waals surface area contributed by atoms with Gasteiger partial charge >= 0.3 is 6.03 Å². The Morgan fingerprint density at radius 3 is 2.78 bits per heavy atom. The van der Waals surface area contributed by atoms with E-state index in [1.807, 2.05) is 25.1 Å². The Bertz CT molecular complexity index is 979. The molecule has 3 heterocycles. The van der Waals surface area contributed by atoms with Gasteiger partial charge in [-0.15, -0.1) is 0 Å². The number of carbonyl (C=O) groups is 3. The summed E-state index contributed by atoms with van der Waals surface area (Å²) in [5.41, 5.74) is 4.11. The van der Waals surface area contributed by atoms with Crippen LogP contribution in [0, 0.1) is 6.92 Å². The number of ether oxygens (including phenoxy) is 1. The second kappa shape index (κ2) is 9.91. The molecule has 168 valence electrons. The van der Waals surface area contributed by atoms with Gasteiger partial charge in [-0.3, -0.25) is 19.5 Å². The summed E-state index contributed by atoms with van der Waals surface area (Å²) in [6.45, 7) is 3.71. The Kier molecular flexibility index (Phi) is 6.80. The largest absolute Gasteiger partial charge is 0.368 e. The molecule has 1 atom stereocenters. The fourth-order valence-electron chi connectivity index (χ4n) is 4.13. The minimum atomic E-state index is -0.427. The van der Waals surface area contributed by atoms with Crippen LogP contribution in [0.1, 0.15) is 41.5 Å². The molecule has 0 aliphatic carbocycles. The van der Waals surface area contributed by atoms with E-state index >= 15 is 0 Å². The van der Waals surface area contributed by atoms with Crippen LogP contribution in [-0.2, 0) is 20.7 Å². The van der Waals surface area contributed by atoms with Crippen molar-refractivity contribution in [2.75, 3.05) is 32.8 Å². The van der Waals surface area contributed by atoms with Crippen molar-refractivity contribution in [2.24, 2.45) is 0 Å². The Labute approximate surface area is 187 Å². The van der Waals surface area contributed by atoms with Gasteiger partial charge in [-0.2, -0.15) is 0 Å². The first-order valence-electron chi connectivity index (χ1n) is 11.0. The maximum Gasteiger partial charge on any atom is 0.324 e. The quantitative estimate of drug-likeness (QED) is 0.750. The van der Waals surface area contributed by atoms with Crippen molar-refractivity contribution in [2.45, 2.75) is 32.3 Å². The molecule has 0 spiro atoms. The van der Waals surface area contributed by atoms with Gasteiger partial charge in [0.15, 0.2) is 0 Å². The number of rotatable bonds is 6. The molecule has 2 fully saturated rings. The van der Waals surface area contributed by atoms with Crippen molar-refractivity contribution in [1.82, 2.24) is 20.1 Å². The molecular formula is C24H28N4O4. The number of nitrogens with one attached hydrogen (secondary N) is 1. The topological polar surface area (TPSA) is 91.8 Å². The molecule has 2 aliphatic rings. The van der Waals surface area contributed by atoms with Gasteiger partial charge in [0.05, 0.1) is 18.8 Å². The van der Waals surface area contributed by atoms with E-state index in [4.69, 9.17) is 4.74 Å². The zero-order chi connectivity index (χ0) is 22.5. The van der Waals surface area contributed by atoms with Gasteiger partial charge in [0, 0.05) is 38.2 Å². The summed E-state index contributed by atoms with van der Waals surface area (Å²) < 4.78 is 5.95. The number of aromatic nitrogens is 1. The number of hydrogen-bond donors (Lipinski definition) is 1. The summed E-state index contributed by atoms with van der Waals surface area (Å²) in [4.78, 5) is 44.1. The normalized spacial score (nSPS) is 19.1.